The summed E-state index contributed by atoms with van der Waals surface area (Å²) in [6, 6.07) is 6.40. The van der Waals surface area contributed by atoms with Crippen molar-refractivity contribution < 1.29 is 4.74 Å². The summed E-state index contributed by atoms with van der Waals surface area (Å²) in [6.45, 7) is 0. The smallest absolute Gasteiger partial charge is 0.174 e. The third-order valence-corrected chi connectivity index (χ3v) is 4.72. The van der Waals surface area contributed by atoms with Crippen molar-refractivity contribution in [3.8, 4) is 5.06 Å². The first-order chi connectivity index (χ1) is 6.74. The zero-order chi connectivity index (χ0) is 10.1. The topological polar surface area (TPSA) is 9.23 Å². The van der Waals surface area contributed by atoms with Crippen LogP contribution in [0.5, 0.6) is 5.06 Å². The van der Waals surface area contributed by atoms with Crippen LogP contribution in [0, 0.1) is 0 Å². The fourth-order valence-corrected chi connectivity index (χ4v) is 3.58. The van der Waals surface area contributed by atoms with E-state index in [9.17, 15) is 0 Å². The highest BCUT2D eigenvalue weighted by atomic mass is 79.9. The molecule has 0 saturated carbocycles. The molecule has 1 heterocycles. The first kappa shape index (κ1) is 10.3. The average molecular weight is 289 g/mol. The Kier molecular flexibility index (Phi) is 3.04. The Balaban J connectivity index is 2.64. The molecular formula is C10H9BrOS2. The first-order valence-electron chi connectivity index (χ1n) is 4.05. The fourth-order valence-electron chi connectivity index (χ4n) is 1.27. The molecule has 0 fully saturated rings. The van der Waals surface area contributed by atoms with Crippen LogP contribution >= 0.6 is 39.0 Å². The van der Waals surface area contributed by atoms with Gasteiger partial charge in [-0.1, -0.05) is 11.3 Å². The van der Waals surface area contributed by atoms with Crippen LogP contribution in [0.25, 0.3) is 10.1 Å². The molecule has 0 saturated heterocycles. The van der Waals surface area contributed by atoms with Gasteiger partial charge in [0.25, 0.3) is 0 Å². The summed E-state index contributed by atoms with van der Waals surface area (Å²) < 4.78 is 7.63. The molecule has 0 amide bonds. The molecule has 0 aliphatic carbocycles. The summed E-state index contributed by atoms with van der Waals surface area (Å²) in [5.41, 5.74) is 0. The average Bonchev–Trinajstić information content (AvgIpc) is 2.58. The van der Waals surface area contributed by atoms with Crippen LogP contribution < -0.4 is 4.74 Å². The maximum atomic E-state index is 5.21. The number of fused-ring (bicyclic) bond motifs is 1. The molecule has 0 aliphatic heterocycles. The van der Waals surface area contributed by atoms with Gasteiger partial charge in [0.05, 0.1) is 7.11 Å². The molecule has 74 valence electrons. The van der Waals surface area contributed by atoms with Crippen LogP contribution in [0.2, 0.25) is 0 Å². The van der Waals surface area contributed by atoms with E-state index in [0.29, 0.717) is 0 Å². The van der Waals surface area contributed by atoms with Crippen molar-refractivity contribution in [2.75, 3.05) is 13.4 Å². The molecule has 14 heavy (non-hydrogen) atoms. The standard InChI is InChI=1S/C10H9BrOS2/c1-12-10-4-6-3-7(11)9(13-2)5-8(6)14-10/h3-5H,1-2H3. The lowest BCUT2D eigenvalue weighted by Crippen LogP contribution is -1.73. The summed E-state index contributed by atoms with van der Waals surface area (Å²) in [5.74, 6) is 0. The van der Waals surface area contributed by atoms with Gasteiger partial charge in [-0.3, -0.25) is 0 Å². The predicted octanol–water partition coefficient (Wildman–Crippen LogP) is 4.39. The van der Waals surface area contributed by atoms with Gasteiger partial charge in [-0.15, -0.1) is 11.8 Å². The van der Waals surface area contributed by atoms with Gasteiger partial charge >= 0.3 is 0 Å². The minimum Gasteiger partial charge on any atom is -0.487 e. The van der Waals surface area contributed by atoms with E-state index in [4.69, 9.17) is 4.74 Å². The normalized spacial score (nSPS) is 10.8. The lowest BCUT2D eigenvalue weighted by molar-refractivity contribution is 0.427. The molecule has 1 nitrogen and oxygen atoms in total. The van der Waals surface area contributed by atoms with Crippen LogP contribution in [-0.2, 0) is 0 Å². The van der Waals surface area contributed by atoms with Crippen LogP contribution in [0.4, 0.5) is 0 Å². The van der Waals surface area contributed by atoms with Crippen LogP contribution in [0.15, 0.2) is 27.6 Å². The molecular weight excluding hydrogens is 280 g/mol. The van der Waals surface area contributed by atoms with Crippen molar-refractivity contribution in [1.82, 2.24) is 0 Å². The highest BCUT2D eigenvalue weighted by Crippen LogP contribution is 2.37. The molecule has 2 rings (SSSR count). The summed E-state index contributed by atoms with van der Waals surface area (Å²) in [5, 5.41) is 2.20. The monoisotopic (exact) mass is 288 g/mol. The third-order valence-electron chi connectivity index (χ3n) is 1.97. The van der Waals surface area contributed by atoms with Gasteiger partial charge in [0.1, 0.15) is 0 Å². The Bertz CT molecular complexity index is 464. The second kappa shape index (κ2) is 4.13. The predicted molar refractivity (Wildman–Crippen MR) is 67.9 cm³/mol. The van der Waals surface area contributed by atoms with Crippen molar-refractivity contribution in [1.29, 1.82) is 0 Å². The molecule has 0 atom stereocenters. The van der Waals surface area contributed by atoms with E-state index in [-0.39, 0.29) is 0 Å². The Morgan fingerprint density at radius 2 is 2.14 bits per heavy atom. The van der Waals surface area contributed by atoms with Crippen molar-refractivity contribution in [3.05, 3.63) is 22.7 Å². The Hall–Kier alpha value is -0.190. The second-order valence-electron chi connectivity index (χ2n) is 2.79. The Labute approximate surface area is 99.6 Å². The number of halogens is 1. The lowest BCUT2D eigenvalue weighted by Gasteiger charge is -1.99. The zero-order valence-corrected chi connectivity index (χ0v) is 11.1. The minimum absolute atomic E-state index is 0.963. The van der Waals surface area contributed by atoms with Crippen molar-refractivity contribution >= 4 is 49.1 Å². The summed E-state index contributed by atoms with van der Waals surface area (Å²) in [7, 11) is 1.70. The van der Waals surface area contributed by atoms with E-state index in [1.165, 1.54) is 15.0 Å². The summed E-state index contributed by atoms with van der Waals surface area (Å²) in [4.78, 5) is 1.27. The molecule has 0 bridgehead atoms. The first-order valence-corrected chi connectivity index (χ1v) is 6.89. The Morgan fingerprint density at radius 1 is 1.36 bits per heavy atom. The van der Waals surface area contributed by atoms with Gasteiger partial charge in [0, 0.05) is 14.1 Å². The quantitative estimate of drug-likeness (QED) is 0.758. The molecule has 0 unspecified atom stereocenters. The van der Waals surface area contributed by atoms with E-state index < -0.39 is 0 Å². The van der Waals surface area contributed by atoms with Crippen LogP contribution in [0.3, 0.4) is 0 Å². The van der Waals surface area contributed by atoms with Crippen LogP contribution in [-0.4, -0.2) is 13.4 Å². The zero-order valence-electron chi connectivity index (χ0n) is 7.83. The van der Waals surface area contributed by atoms with E-state index in [1.54, 1.807) is 30.2 Å². The van der Waals surface area contributed by atoms with Crippen molar-refractivity contribution in [2.24, 2.45) is 0 Å². The molecule has 0 N–H and O–H groups in total. The Morgan fingerprint density at radius 3 is 2.79 bits per heavy atom. The highest BCUT2D eigenvalue weighted by Gasteiger charge is 2.05. The SMILES string of the molecule is COc1cc2cc(Br)c(SC)cc2s1. The van der Waals surface area contributed by atoms with Gasteiger partial charge in [0.15, 0.2) is 5.06 Å². The number of benzene rings is 1. The number of thioether (sulfide) groups is 1. The minimum atomic E-state index is 0.963. The number of thiophene rings is 1. The maximum Gasteiger partial charge on any atom is 0.174 e. The van der Waals surface area contributed by atoms with Gasteiger partial charge in [-0.25, -0.2) is 0 Å². The number of hydrogen-bond donors (Lipinski definition) is 0. The maximum absolute atomic E-state index is 5.21. The highest BCUT2D eigenvalue weighted by molar-refractivity contribution is 9.10. The van der Waals surface area contributed by atoms with E-state index in [1.807, 2.05) is 0 Å². The number of rotatable bonds is 2. The van der Waals surface area contributed by atoms with E-state index in [0.717, 1.165) is 9.54 Å². The summed E-state index contributed by atoms with van der Waals surface area (Å²) in [6.07, 6.45) is 2.08. The van der Waals surface area contributed by atoms with Gasteiger partial charge in [-0.2, -0.15) is 0 Å². The molecule has 0 radical (unpaired) electrons. The second-order valence-corrected chi connectivity index (χ2v) is 5.54. The molecule has 0 aliphatic rings. The molecule has 4 heteroatoms. The molecule has 2 aromatic rings. The number of methoxy groups -OCH3 is 1. The van der Waals surface area contributed by atoms with Crippen LogP contribution in [0.1, 0.15) is 0 Å². The van der Waals surface area contributed by atoms with Crippen molar-refractivity contribution in [3.63, 3.8) is 0 Å². The molecule has 1 aromatic carbocycles. The largest absolute Gasteiger partial charge is 0.487 e. The fraction of sp³-hybridized carbons (Fsp3) is 0.200. The van der Waals surface area contributed by atoms with E-state index >= 15 is 0 Å². The molecule has 0 spiro atoms. The van der Waals surface area contributed by atoms with E-state index in [2.05, 4.69) is 40.4 Å². The summed E-state index contributed by atoms with van der Waals surface area (Å²) >= 11 is 6.98. The van der Waals surface area contributed by atoms with Gasteiger partial charge in [0.2, 0.25) is 0 Å². The van der Waals surface area contributed by atoms with Gasteiger partial charge < -0.3 is 4.74 Å². The number of ether oxygens (including phenoxy) is 1. The molecule has 1 aromatic heterocycles. The van der Waals surface area contributed by atoms with Gasteiger partial charge in [-0.05, 0) is 45.8 Å². The third kappa shape index (κ3) is 1.78. The lowest BCUT2D eigenvalue weighted by atomic mass is 10.3. The van der Waals surface area contributed by atoms with Crippen molar-refractivity contribution in [2.45, 2.75) is 4.90 Å². The number of hydrogen-bond acceptors (Lipinski definition) is 3.